The minimum atomic E-state index is -0.109. The normalized spacial score (nSPS) is 18.4. The van der Waals surface area contributed by atoms with Gasteiger partial charge in [0.2, 0.25) is 5.91 Å². The van der Waals surface area contributed by atoms with Crippen molar-refractivity contribution in [1.82, 2.24) is 10.2 Å². The summed E-state index contributed by atoms with van der Waals surface area (Å²) in [5.74, 6) is 1.45. The van der Waals surface area contributed by atoms with Crippen LogP contribution in [0.5, 0.6) is 5.75 Å². The minimum absolute atomic E-state index is 0.0220. The first kappa shape index (κ1) is 29.2. The smallest absolute Gasteiger partial charge is 0.253 e. The number of ether oxygens (including phenoxy) is 2. The van der Waals surface area contributed by atoms with Gasteiger partial charge in [-0.2, -0.15) is 0 Å². The first-order chi connectivity index (χ1) is 20.1. The molecular weight excluding hydrogens is 518 g/mol. The van der Waals surface area contributed by atoms with Gasteiger partial charge in [0, 0.05) is 70.2 Å². The molecule has 2 heterocycles. The van der Waals surface area contributed by atoms with E-state index in [-0.39, 0.29) is 11.8 Å². The van der Waals surface area contributed by atoms with Crippen LogP contribution in [0.3, 0.4) is 0 Å². The number of amides is 2. The summed E-state index contributed by atoms with van der Waals surface area (Å²) in [5.41, 5.74) is 3.27. The zero-order valence-corrected chi connectivity index (χ0v) is 24.4. The lowest BCUT2D eigenvalue weighted by Crippen LogP contribution is -2.47. The summed E-state index contributed by atoms with van der Waals surface area (Å²) < 4.78 is 11.0. The number of anilines is 3. The third-order valence-electron chi connectivity index (χ3n) is 8.64. The van der Waals surface area contributed by atoms with Gasteiger partial charge in [0.25, 0.3) is 5.91 Å². The van der Waals surface area contributed by atoms with Gasteiger partial charge in [-0.25, -0.2) is 0 Å². The Morgan fingerprint density at radius 2 is 1.63 bits per heavy atom. The molecule has 2 aromatic carbocycles. The Morgan fingerprint density at radius 3 is 2.37 bits per heavy atom. The quantitative estimate of drug-likeness (QED) is 0.428. The van der Waals surface area contributed by atoms with Crippen molar-refractivity contribution in [2.45, 2.75) is 38.5 Å². The first-order valence-corrected chi connectivity index (χ1v) is 15.3. The molecule has 222 valence electrons. The molecule has 3 fully saturated rings. The van der Waals surface area contributed by atoms with Gasteiger partial charge in [-0.05, 0) is 42.7 Å². The van der Waals surface area contributed by atoms with Crippen LogP contribution in [0.1, 0.15) is 48.9 Å². The number of carbonyl (C=O) groups excluding carboxylic acids is 2. The zero-order valence-electron chi connectivity index (χ0n) is 24.4. The number of morpholine rings is 1. The number of nitrogens with one attached hydrogen (secondary N) is 2. The van der Waals surface area contributed by atoms with Crippen LogP contribution in [0.2, 0.25) is 0 Å². The molecule has 0 spiro atoms. The Kier molecular flexibility index (Phi) is 10.4. The number of hydrogen-bond acceptors (Lipinski definition) is 7. The Bertz CT molecular complexity index is 1150. The van der Waals surface area contributed by atoms with E-state index < -0.39 is 0 Å². The monoisotopic (exact) mass is 563 g/mol. The molecule has 9 nitrogen and oxygen atoms in total. The van der Waals surface area contributed by atoms with Crippen molar-refractivity contribution in [3.63, 3.8) is 0 Å². The van der Waals surface area contributed by atoms with Crippen molar-refractivity contribution in [3.8, 4) is 5.75 Å². The standard InChI is InChI=1S/C32H45N5O4/c1-40-30-9-5-4-8-29(30)37-18-16-36(17-19-37)28-12-11-26(34-31(38)13-10-25-6-2-3-7-25)24-27(28)32(39)33-14-15-35-20-22-41-23-21-35/h4-5,8-9,11-12,24-25H,2-3,6-7,10,13-23H2,1H3,(H,33,39)(H,34,38). The van der Waals surface area contributed by atoms with Gasteiger partial charge in [0.05, 0.1) is 31.6 Å². The second kappa shape index (κ2) is 14.5. The SMILES string of the molecule is COc1ccccc1N1CCN(c2ccc(NC(=O)CCC3CCCC3)cc2C(=O)NCCN2CCOCC2)CC1. The van der Waals surface area contributed by atoms with E-state index in [1.807, 2.05) is 36.4 Å². The molecule has 1 saturated carbocycles. The summed E-state index contributed by atoms with van der Waals surface area (Å²) in [6.07, 6.45) is 6.51. The highest BCUT2D eigenvalue weighted by Crippen LogP contribution is 2.32. The first-order valence-electron chi connectivity index (χ1n) is 15.3. The third kappa shape index (κ3) is 7.92. The third-order valence-corrected chi connectivity index (χ3v) is 8.64. The van der Waals surface area contributed by atoms with Crippen LogP contribution < -0.4 is 25.2 Å². The second-order valence-corrected chi connectivity index (χ2v) is 11.3. The fourth-order valence-electron chi connectivity index (χ4n) is 6.26. The van der Waals surface area contributed by atoms with Gasteiger partial charge in [-0.3, -0.25) is 14.5 Å². The molecule has 0 radical (unpaired) electrons. The van der Waals surface area contributed by atoms with E-state index in [0.29, 0.717) is 30.1 Å². The fraction of sp³-hybridized carbons (Fsp3) is 0.562. The maximum absolute atomic E-state index is 13.5. The van der Waals surface area contributed by atoms with E-state index in [0.717, 1.165) is 82.6 Å². The highest BCUT2D eigenvalue weighted by Gasteiger charge is 2.24. The van der Waals surface area contributed by atoms with E-state index >= 15 is 0 Å². The van der Waals surface area contributed by atoms with E-state index in [9.17, 15) is 9.59 Å². The number of piperazine rings is 1. The molecule has 3 aliphatic rings. The molecule has 2 aliphatic heterocycles. The molecule has 41 heavy (non-hydrogen) atoms. The molecule has 2 amide bonds. The summed E-state index contributed by atoms with van der Waals surface area (Å²) in [6.45, 7) is 7.80. The van der Waals surface area contributed by atoms with Crippen molar-refractivity contribution in [2.24, 2.45) is 5.92 Å². The van der Waals surface area contributed by atoms with E-state index in [2.05, 4.69) is 31.4 Å². The fourth-order valence-corrected chi connectivity index (χ4v) is 6.26. The van der Waals surface area contributed by atoms with Crippen LogP contribution in [-0.4, -0.2) is 89.4 Å². The average Bonchev–Trinajstić information content (AvgIpc) is 3.54. The maximum atomic E-state index is 13.5. The van der Waals surface area contributed by atoms with Crippen molar-refractivity contribution < 1.29 is 19.1 Å². The van der Waals surface area contributed by atoms with Gasteiger partial charge in [0.15, 0.2) is 0 Å². The summed E-state index contributed by atoms with van der Waals surface area (Å²) in [4.78, 5) is 33.2. The topological polar surface area (TPSA) is 86.4 Å². The van der Waals surface area contributed by atoms with Crippen LogP contribution in [-0.2, 0) is 9.53 Å². The van der Waals surface area contributed by atoms with Crippen LogP contribution >= 0.6 is 0 Å². The number of carbonyl (C=O) groups is 2. The molecule has 0 atom stereocenters. The number of nitrogens with zero attached hydrogens (tertiary/aromatic N) is 3. The molecule has 0 aromatic heterocycles. The largest absolute Gasteiger partial charge is 0.495 e. The Balaban J connectivity index is 1.25. The highest BCUT2D eigenvalue weighted by atomic mass is 16.5. The van der Waals surface area contributed by atoms with E-state index in [1.165, 1.54) is 25.7 Å². The lowest BCUT2D eigenvalue weighted by Gasteiger charge is -2.38. The Morgan fingerprint density at radius 1 is 0.927 bits per heavy atom. The molecule has 2 N–H and O–H groups in total. The molecule has 2 saturated heterocycles. The number of rotatable bonds is 11. The van der Waals surface area contributed by atoms with E-state index in [4.69, 9.17) is 9.47 Å². The van der Waals surface area contributed by atoms with Crippen LogP contribution in [0.25, 0.3) is 0 Å². The summed E-state index contributed by atoms with van der Waals surface area (Å²) in [6, 6.07) is 13.9. The molecule has 9 heteroatoms. The Hall–Kier alpha value is -3.30. The number of methoxy groups -OCH3 is 1. The summed E-state index contributed by atoms with van der Waals surface area (Å²) in [5, 5.41) is 6.19. The Labute approximate surface area is 244 Å². The van der Waals surface area contributed by atoms with Gasteiger partial charge in [-0.15, -0.1) is 0 Å². The van der Waals surface area contributed by atoms with Crippen LogP contribution in [0, 0.1) is 5.92 Å². The predicted molar refractivity (Wildman–Crippen MR) is 163 cm³/mol. The van der Waals surface area contributed by atoms with E-state index in [1.54, 1.807) is 7.11 Å². The highest BCUT2D eigenvalue weighted by molar-refractivity contribution is 6.02. The number of hydrogen-bond donors (Lipinski definition) is 2. The minimum Gasteiger partial charge on any atom is -0.495 e. The second-order valence-electron chi connectivity index (χ2n) is 11.3. The van der Waals surface area contributed by atoms with Crippen LogP contribution in [0.15, 0.2) is 42.5 Å². The predicted octanol–water partition coefficient (Wildman–Crippen LogP) is 3.99. The van der Waals surface area contributed by atoms with Crippen molar-refractivity contribution >= 4 is 28.9 Å². The molecule has 5 rings (SSSR count). The lowest BCUT2D eigenvalue weighted by atomic mass is 10.0. The molecule has 2 aromatic rings. The van der Waals surface area contributed by atoms with Gasteiger partial charge in [-0.1, -0.05) is 37.8 Å². The van der Waals surface area contributed by atoms with Gasteiger partial charge < -0.3 is 29.9 Å². The van der Waals surface area contributed by atoms with Crippen molar-refractivity contribution in [3.05, 3.63) is 48.0 Å². The molecular formula is C32H45N5O4. The number of para-hydroxylation sites is 2. The van der Waals surface area contributed by atoms with Gasteiger partial charge >= 0.3 is 0 Å². The summed E-state index contributed by atoms with van der Waals surface area (Å²) >= 11 is 0. The van der Waals surface area contributed by atoms with Crippen molar-refractivity contribution in [1.29, 1.82) is 0 Å². The van der Waals surface area contributed by atoms with Crippen LogP contribution in [0.4, 0.5) is 17.1 Å². The molecule has 1 aliphatic carbocycles. The zero-order chi connectivity index (χ0) is 28.4. The summed E-state index contributed by atoms with van der Waals surface area (Å²) in [7, 11) is 1.70. The van der Waals surface area contributed by atoms with Gasteiger partial charge in [0.1, 0.15) is 5.75 Å². The molecule has 0 unspecified atom stereocenters. The molecule has 0 bridgehead atoms. The number of benzene rings is 2. The lowest BCUT2D eigenvalue weighted by molar-refractivity contribution is -0.116. The average molecular weight is 564 g/mol. The van der Waals surface area contributed by atoms with Crippen molar-refractivity contribution in [2.75, 3.05) is 87.8 Å². The maximum Gasteiger partial charge on any atom is 0.253 e.